The van der Waals surface area contributed by atoms with Gasteiger partial charge in [0, 0.05) is 37.6 Å². The van der Waals surface area contributed by atoms with Gasteiger partial charge in [-0.1, -0.05) is 0 Å². The normalized spacial score (nSPS) is 20.0. The third-order valence-electron chi connectivity index (χ3n) is 4.43. The van der Waals surface area contributed by atoms with E-state index in [0.29, 0.717) is 0 Å². The SMILES string of the molecule is CCN1CN(C)Cc2cc3c(cc21)N(CC)CN(C)C3. The summed E-state index contributed by atoms with van der Waals surface area (Å²) in [6.07, 6.45) is 0. The Balaban J connectivity index is 2.06. The number of rotatable bonds is 2. The second-order valence-electron chi connectivity index (χ2n) is 6.13. The molecule has 2 aliphatic rings. The summed E-state index contributed by atoms with van der Waals surface area (Å²) in [4.78, 5) is 9.74. The van der Waals surface area contributed by atoms with E-state index in [2.05, 4.69) is 59.7 Å². The number of fused-ring (bicyclic) bond motifs is 2. The summed E-state index contributed by atoms with van der Waals surface area (Å²) in [5.74, 6) is 0. The molecule has 110 valence electrons. The Morgan fingerprint density at radius 2 is 1.25 bits per heavy atom. The minimum atomic E-state index is 1.04. The first kappa shape index (κ1) is 13.7. The summed E-state index contributed by atoms with van der Waals surface area (Å²) < 4.78 is 0. The molecule has 0 radical (unpaired) electrons. The maximum atomic E-state index is 2.48. The van der Waals surface area contributed by atoms with Crippen LogP contribution in [0.15, 0.2) is 12.1 Å². The number of hydrogen-bond donors (Lipinski definition) is 0. The smallest absolute Gasteiger partial charge is 0.0707 e. The molecule has 0 fully saturated rings. The molecule has 3 rings (SSSR count). The minimum absolute atomic E-state index is 1.04. The van der Waals surface area contributed by atoms with Gasteiger partial charge in [-0.2, -0.15) is 0 Å². The van der Waals surface area contributed by atoms with E-state index in [1.807, 2.05) is 0 Å². The van der Waals surface area contributed by atoms with Gasteiger partial charge >= 0.3 is 0 Å². The average molecular weight is 274 g/mol. The number of anilines is 2. The van der Waals surface area contributed by atoms with Crippen molar-refractivity contribution in [2.45, 2.75) is 26.9 Å². The Morgan fingerprint density at radius 1 is 0.800 bits per heavy atom. The van der Waals surface area contributed by atoms with E-state index in [4.69, 9.17) is 0 Å². The van der Waals surface area contributed by atoms with Gasteiger partial charge in [0.1, 0.15) is 0 Å². The van der Waals surface area contributed by atoms with Crippen molar-refractivity contribution in [2.75, 3.05) is 50.3 Å². The Labute approximate surface area is 122 Å². The molecule has 0 saturated carbocycles. The number of benzene rings is 1. The summed E-state index contributed by atoms with van der Waals surface area (Å²) in [5.41, 5.74) is 5.83. The minimum Gasteiger partial charge on any atom is -0.358 e. The molecule has 4 nitrogen and oxygen atoms in total. The third-order valence-corrected chi connectivity index (χ3v) is 4.43. The summed E-state index contributed by atoms with van der Waals surface area (Å²) in [6, 6.07) is 4.86. The van der Waals surface area contributed by atoms with E-state index in [0.717, 1.165) is 39.5 Å². The molecular formula is C16H26N4. The topological polar surface area (TPSA) is 13.0 Å². The van der Waals surface area contributed by atoms with Gasteiger partial charge in [-0.3, -0.25) is 9.80 Å². The van der Waals surface area contributed by atoms with Gasteiger partial charge in [0.2, 0.25) is 0 Å². The molecule has 4 heteroatoms. The van der Waals surface area contributed by atoms with Gasteiger partial charge in [0.05, 0.1) is 13.3 Å². The van der Waals surface area contributed by atoms with Crippen molar-refractivity contribution >= 4 is 11.4 Å². The van der Waals surface area contributed by atoms with Crippen LogP contribution < -0.4 is 9.80 Å². The fourth-order valence-electron chi connectivity index (χ4n) is 3.47. The molecule has 0 atom stereocenters. The van der Waals surface area contributed by atoms with E-state index >= 15 is 0 Å². The zero-order valence-corrected chi connectivity index (χ0v) is 13.2. The fraction of sp³-hybridized carbons (Fsp3) is 0.625. The Kier molecular flexibility index (Phi) is 3.61. The van der Waals surface area contributed by atoms with Crippen LogP contribution in [-0.4, -0.2) is 50.3 Å². The van der Waals surface area contributed by atoms with E-state index in [9.17, 15) is 0 Å². The average Bonchev–Trinajstić information content (AvgIpc) is 2.43. The number of nitrogens with zero attached hydrogens (tertiary/aromatic N) is 4. The quantitative estimate of drug-likeness (QED) is 0.819. The molecule has 0 bridgehead atoms. The van der Waals surface area contributed by atoms with Crippen LogP contribution in [0.25, 0.3) is 0 Å². The van der Waals surface area contributed by atoms with Gasteiger partial charge < -0.3 is 9.80 Å². The van der Waals surface area contributed by atoms with E-state index < -0.39 is 0 Å². The summed E-state index contributed by atoms with van der Waals surface area (Å²) in [7, 11) is 4.41. The van der Waals surface area contributed by atoms with Crippen LogP contribution in [0.4, 0.5) is 11.4 Å². The molecule has 0 saturated heterocycles. The fourth-order valence-corrected chi connectivity index (χ4v) is 3.47. The van der Waals surface area contributed by atoms with E-state index in [-0.39, 0.29) is 0 Å². The Morgan fingerprint density at radius 3 is 1.65 bits per heavy atom. The standard InChI is InChI=1S/C16H26N4/c1-5-19-11-17(3)9-13-7-14-10-18(4)12-20(6-2)16(14)8-15(13)19/h7-8H,5-6,9-12H2,1-4H3. The lowest BCUT2D eigenvalue weighted by Crippen LogP contribution is -2.42. The predicted octanol–water partition coefficient (Wildman–Crippen LogP) is 2.14. The van der Waals surface area contributed by atoms with Crippen LogP contribution in [0.1, 0.15) is 25.0 Å². The zero-order chi connectivity index (χ0) is 14.3. The Bertz CT molecular complexity index is 458. The summed E-state index contributed by atoms with van der Waals surface area (Å²) in [6.45, 7) is 10.8. The first-order valence-electron chi connectivity index (χ1n) is 7.65. The zero-order valence-electron chi connectivity index (χ0n) is 13.2. The first-order chi connectivity index (χ1) is 9.62. The highest BCUT2D eigenvalue weighted by Crippen LogP contribution is 2.36. The summed E-state index contributed by atoms with van der Waals surface area (Å²) in [5, 5.41) is 0. The highest BCUT2D eigenvalue weighted by atomic mass is 15.3. The van der Waals surface area contributed by atoms with Crippen molar-refractivity contribution in [3.63, 3.8) is 0 Å². The highest BCUT2D eigenvalue weighted by molar-refractivity contribution is 5.69. The molecule has 20 heavy (non-hydrogen) atoms. The molecule has 0 N–H and O–H groups in total. The van der Waals surface area contributed by atoms with Crippen LogP contribution in [0, 0.1) is 0 Å². The van der Waals surface area contributed by atoms with Crippen LogP contribution in [0.3, 0.4) is 0 Å². The molecule has 0 amide bonds. The van der Waals surface area contributed by atoms with Gasteiger partial charge in [0.25, 0.3) is 0 Å². The van der Waals surface area contributed by atoms with Crippen LogP contribution in [0.2, 0.25) is 0 Å². The number of hydrogen-bond acceptors (Lipinski definition) is 4. The van der Waals surface area contributed by atoms with E-state index in [1.54, 1.807) is 0 Å². The van der Waals surface area contributed by atoms with Crippen molar-refractivity contribution in [3.8, 4) is 0 Å². The maximum absolute atomic E-state index is 2.48. The highest BCUT2D eigenvalue weighted by Gasteiger charge is 2.25. The van der Waals surface area contributed by atoms with Crippen molar-refractivity contribution in [1.82, 2.24) is 9.80 Å². The van der Waals surface area contributed by atoms with Gasteiger partial charge in [-0.25, -0.2) is 0 Å². The monoisotopic (exact) mass is 274 g/mol. The van der Waals surface area contributed by atoms with Gasteiger partial charge in [0.15, 0.2) is 0 Å². The molecule has 2 heterocycles. The second-order valence-corrected chi connectivity index (χ2v) is 6.13. The predicted molar refractivity (Wildman–Crippen MR) is 85.2 cm³/mol. The maximum Gasteiger partial charge on any atom is 0.0707 e. The molecule has 2 aliphatic heterocycles. The summed E-state index contributed by atoms with van der Waals surface area (Å²) >= 11 is 0. The first-order valence-corrected chi connectivity index (χ1v) is 7.65. The molecule has 0 aromatic heterocycles. The van der Waals surface area contributed by atoms with Gasteiger partial charge in [-0.05, 0) is 51.2 Å². The van der Waals surface area contributed by atoms with Crippen molar-refractivity contribution in [2.24, 2.45) is 0 Å². The molecule has 1 aromatic carbocycles. The molecule has 0 aliphatic carbocycles. The lowest BCUT2D eigenvalue weighted by molar-refractivity contribution is 0.302. The van der Waals surface area contributed by atoms with Crippen LogP contribution >= 0.6 is 0 Å². The van der Waals surface area contributed by atoms with Crippen molar-refractivity contribution in [3.05, 3.63) is 23.3 Å². The van der Waals surface area contributed by atoms with Gasteiger partial charge in [-0.15, -0.1) is 0 Å². The lowest BCUT2D eigenvalue weighted by atomic mass is 10.0. The van der Waals surface area contributed by atoms with E-state index in [1.165, 1.54) is 22.5 Å². The largest absolute Gasteiger partial charge is 0.358 e. The van der Waals surface area contributed by atoms with Crippen molar-refractivity contribution in [1.29, 1.82) is 0 Å². The Hall–Kier alpha value is -1.26. The molecule has 0 spiro atoms. The molecular weight excluding hydrogens is 248 g/mol. The van der Waals surface area contributed by atoms with Crippen molar-refractivity contribution < 1.29 is 0 Å². The lowest BCUT2D eigenvalue weighted by Gasteiger charge is -2.41. The third kappa shape index (κ3) is 2.27. The molecule has 1 aromatic rings. The van der Waals surface area contributed by atoms with Crippen LogP contribution in [-0.2, 0) is 13.1 Å². The second kappa shape index (κ2) is 5.26. The van der Waals surface area contributed by atoms with Crippen LogP contribution in [0.5, 0.6) is 0 Å². The molecule has 0 unspecified atom stereocenters.